The highest BCUT2D eigenvalue weighted by atomic mass is 16.3. The molecule has 0 N–H and O–H groups in total. The molecule has 0 unspecified atom stereocenters. The second kappa shape index (κ2) is 11.7. The van der Waals surface area contributed by atoms with Gasteiger partial charge < -0.3 is 13.7 Å². The van der Waals surface area contributed by atoms with Crippen LogP contribution < -0.4 is 4.90 Å². The van der Waals surface area contributed by atoms with Crippen LogP contribution in [0.2, 0.25) is 0 Å². The second-order valence-electron chi connectivity index (χ2n) is 13.7. The third-order valence-electron chi connectivity index (χ3n) is 10.6. The van der Waals surface area contributed by atoms with E-state index in [0.29, 0.717) is 0 Å². The molecule has 0 saturated heterocycles. The van der Waals surface area contributed by atoms with Crippen molar-refractivity contribution >= 4 is 82.5 Å². The summed E-state index contributed by atoms with van der Waals surface area (Å²) in [6, 6.07) is 66.7. The van der Waals surface area contributed by atoms with Crippen molar-refractivity contribution in [1.29, 1.82) is 0 Å². The van der Waals surface area contributed by atoms with Crippen molar-refractivity contribution < 1.29 is 8.83 Å². The molecule has 0 fully saturated rings. The summed E-state index contributed by atoms with van der Waals surface area (Å²) in [5.41, 5.74) is 11.1. The van der Waals surface area contributed by atoms with Crippen molar-refractivity contribution in [2.24, 2.45) is 0 Å². The van der Waals surface area contributed by atoms with Crippen LogP contribution in [0, 0.1) is 0 Å². The molecule has 9 aromatic carbocycles. The van der Waals surface area contributed by atoms with E-state index in [0.717, 1.165) is 82.8 Å². The molecule has 2 aromatic heterocycles. The summed E-state index contributed by atoms with van der Waals surface area (Å²) in [5, 5.41) is 9.09. The molecule has 2 heterocycles. The van der Waals surface area contributed by atoms with Gasteiger partial charge in [0.05, 0.1) is 11.1 Å². The standard InChI is InChI=1S/C50H31NO2/c1-2-11-34(12-3-1)41-16-8-17-43-42-29-27-39(31-47(42)53-49(41)43)51(38-25-22-33(23-26-38)37-21-20-32-10-4-5-14-36(32)30-37)45-18-9-19-46-48(45)44-28-24-35-13-6-7-15-40(35)50(44)52-46/h1-31H. The molecule has 0 aliphatic heterocycles. The number of fused-ring (bicyclic) bond motifs is 9. The summed E-state index contributed by atoms with van der Waals surface area (Å²) < 4.78 is 13.4. The first-order chi connectivity index (χ1) is 26.3. The number of furan rings is 2. The van der Waals surface area contributed by atoms with Gasteiger partial charge in [-0.1, -0.05) is 133 Å². The molecule has 248 valence electrons. The van der Waals surface area contributed by atoms with Crippen LogP contribution >= 0.6 is 0 Å². The lowest BCUT2D eigenvalue weighted by Crippen LogP contribution is -2.10. The van der Waals surface area contributed by atoms with Crippen molar-refractivity contribution in [2.45, 2.75) is 0 Å². The minimum Gasteiger partial charge on any atom is -0.455 e. The minimum atomic E-state index is 0.842. The van der Waals surface area contributed by atoms with Crippen molar-refractivity contribution in [1.82, 2.24) is 0 Å². The Morgan fingerprint density at radius 2 is 1.02 bits per heavy atom. The molecule has 11 rings (SSSR count). The maximum atomic E-state index is 6.76. The van der Waals surface area contributed by atoms with Gasteiger partial charge in [-0.25, -0.2) is 0 Å². The van der Waals surface area contributed by atoms with Crippen LogP contribution in [0.25, 0.3) is 87.7 Å². The molecule has 0 saturated carbocycles. The van der Waals surface area contributed by atoms with Gasteiger partial charge in [-0.2, -0.15) is 0 Å². The summed E-state index contributed by atoms with van der Waals surface area (Å²) in [4.78, 5) is 2.33. The predicted octanol–water partition coefficient (Wildman–Crippen LogP) is 14.6. The van der Waals surface area contributed by atoms with E-state index < -0.39 is 0 Å². The van der Waals surface area contributed by atoms with Gasteiger partial charge in [-0.15, -0.1) is 0 Å². The van der Waals surface area contributed by atoms with E-state index in [-0.39, 0.29) is 0 Å². The Labute approximate surface area is 305 Å². The zero-order valence-electron chi connectivity index (χ0n) is 28.7. The van der Waals surface area contributed by atoms with E-state index in [1.165, 1.54) is 21.9 Å². The zero-order valence-corrected chi connectivity index (χ0v) is 28.7. The summed E-state index contributed by atoms with van der Waals surface area (Å²) in [7, 11) is 0. The van der Waals surface area contributed by atoms with E-state index in [1.807, 2.05) is 6.07 Å². The number of anilines is 3. The average molecular weight is 678 g/mol. The number of rotatable bonds is 5. The summed E-state index contributed by atoms with van der Waals surface area (Å²) in [6.45, 7) is 0. The van der Waals surface area contributed by atoms with E-state index in [2.05, 4.69) is 187 Å². The summed E-state index contributed by atoms with van der Waals surface area (Å²) >= 11 is 0. The van der Waals surface area contributed by atoms with E-state index in [4.69, 9.17) is 8.83 Å². The summed E-state index contributed by atoms with van der Waals surface area (Å²) in [5.74, 6) is 0. The highest BCUT2D eigenvalue weighted by molar-refractivity contribution is 6.20. The van der Waals surface area contributed by atoms with Crippen molar-refractivity contribution in [3.8, 4) is 22.3 Å². The Kier molecular flexibility index (Phi) is 6.55. The lowest BCUT2D eigenvalue weighted by atomic mass is 10.0. The lowest BCUT2D eigenvalue weighted by molar-refractivity contribution is 0.670. The number of hydrogen-bond acceptors (Lipinski definition) is 3. The molecule has 0 bridgehead atoms. The first-order valence-corrected chi connectivity index (χ1v) is 18.0. The molecule has 3 nitrogen and oxygen atoms in total. The quantitative estimate of drug-likeness (QED) is 0.182. The van der Waals surface area contributed by atoms with Crippen LogP contribution in [0.1, 0.15) is 0 Å². The normalized spacial score (nSPS) is 11.8. The molecule has 0 aliphatic rings. The number of benzene rings is 9. The first-order valence-electron chi connectivity index (χ1n) is 18.0. The van der Waals surface area contributed by atoms with Gasteiger partial charge in [0, 0.05) is 44.5 Å². The molecule has 0 radical (unpaired) electrons. The third kappa shape index (κ3) is 4.75. The van der Waals surface area contributed by atoms with Crippen molar-refractivity contribution in [3.05, 3.63) is 188 Å². The highest BCUT2D eigenvalue weighted by Gasteiger charge is 2.22. The largest absolute Gasteiger partial charge is 0.455 e. The van der Waals surface area contributed by atoms with Gasteiger partial charge >= 0.3 is 0 Å². The molecule has 0 amide bonds. The molecule has 11 aromatic rings. The molecule has 0 atom stereocenters. The number of hydrogen-bond donors (Lipinski definition) is 0. The van der Waals surface area contributed by atoms with E-state index in [9.17, 15) is 0 Å². The Balaban J connectivity index is 1.12. The number of para-hydroxylation sites is 1. The average Bonchev–Trinajstić information content (AvgIpc) is 3.80. The van der Waals surface area contributed by atoms with Gasteiger partial charge in [0.25, 0.3) is 0 Å². The highest BCUT2D eigenvalue weighted by Crippen LogP contribution is 2.46. The van der Waals surface area contributed by atoms with Crippen molar-refractivity contribution in [3.63, 3.8) is 0 Å². The lowest BCUT2D eigenvalue weighted by Gasteiger charge is -2.26. The van der Waals surface area contributed by atoms with Gasteiger partial charge in [-0.05, 0) is 81.4 Å². The van der Waals surface area contributed by atoms with Crippen molar-refractivity contribution in [2.75, 3.05) is 4.90 Å². The van der Waals surface area contributed by atoms with Gasteiger partial charge in [0.1, 0.15) is 22.3 Å². The van der Waals surface area contributed by atoms with E-state index >= 15 is 0 Å². The molecule has 0 aliphatic carbocycles. The van der Waals surface area contributed by atoms with Crippen LogP contribution in [0.5, 0.6) is 0 Å². The Hall–Kier alpha value is -7.10. The van der Waals surface area contributed by atoms with Gasteiger partial charge in [0.15, 0.2) is 0 Å². The maximum absolute atomic E-state index is 6.76. The SMILES string of the molecule is c1ccc(-c2cccc3c2oc2cc(N(c4ccc(-c5ccc6ccccc6c5)cc4)c4cccc5oc6c7ccccc7ccc6c45)ccc23)cc1. The fourth-order valence-electron chi connectivity index (χ4n) is 8.09. The first kappa shape index (κ1) is 29.6. The van der Waals surface area contributed by atoms with Crippen LogP contribution in [0.4, 0.5) is 17.1 Å². The fourth-order valence-corrected chi connectivity index (χ4v) is 8.09. The van der Waals surface area contributed by atoms with Gasteiger partial charge in [-0.3, -0.25) is 0 Å². The molecule has 53 heavy (non-hydrogen) atoms. The van der Waals surface area contributed by atoms with Crippen LogP contribution in [-0.4, -0.2) is 0 Å². The predicted molar refractivity (Wildman–Crippen MR) is 222 cm³/mol. The number of nitrogens with zero attached hydrogens (tertiary/aromatic N) is 1. The maximum Gasteiger partial charge on any atom is 0.143 e. The monoisotopic (exact) mass is 677 g/mol. The fraction of sp³-hybridized carbons (Fsp3) is 0. The second-order valence-corrected chi connectivity index (χ2v) is 13.7. The van der Waals surface area contributed by atoms with Crippen LogP contribution in [0.15, 0.2) is 197 Å². The van der Waals surface area contributed by atoms with Gasteiger partial charge in [0.2, 0.25) is 0 Å². The van der Waals surface area contributed by atoms with E-state index in [1.54, 1.807) is 0 Å². The summed E-state index contributed by atoms with van der Waals surface area (Å²) in [6.07, 6.45) is 0. The Bertz CT molecular complexity index is 3170. The zero-order chi connectivity index (χ0) is 34.9. The molecule has 0 spiro atoms. The molecule has 3 heteroatoms. The smallest absolute Gasteiger partial charge is 0.143 e. The topological polar surface area (TPSA) is 29.5 Å². The Morgan fingerprint density at radius 1 is 0.340 bits per heavy atom. The third-order valence-corrected chi connectivity index (χ3v) is 10.6. The molecular weight excluding hydrogens is 647 g/mol. The molecular formula is C50H31NO2. The van der Waals surface area contributed by atoms with Crippen LogP contribution in [-0.2, 0) is 0 Å². The minimum absolute atomic E-state index is 0.842. The van der Waals surface area contributed by atoms with Crippen LogP contribution in [0.3, 0.4) is 0 Å². The Morgan fingerprint density at radius 3 is 1.91 bits per heavy atom.